The molecule has 4 amide bonds. The topological polar surface area (TPSA) is 121 Å². The minimum atomic E-state index is -4.80. The number of piperazine rings is 1. The summed E-state index contributed by atoms with van der Waals surface area (Å²) in [4.78, 5) is 43.2. The van der Waals surface area contributed by atoms with Crippen LogP contribution < -0.4 is 10.2 Å². The standard InChI is InChI=1S/C31H31F3N6O3/c1-21-26(29(42)40(28(21)41)25-11-10-23(20-36)27(18-25)31(32,33)34)9-4-2-3-5-12-38-13-15-39(16-14-38)30(43)37-24-8-6-7-22(17-24)19-35/h6-8,10-11,17-18H,2-5,9,12-16H2,1H3,(H,37,43). The van der Waals surface area contributed by atoms with E-state index in [1.54, 1.807) is 29.2 Å². The fourth-order valence-electron chi connectivity index (χ4n) is 5.25. The molecule has 2 heterocycles. The van der Waals surface area contributed by atoms with Crippen LogP contribution in [0.3, 0.4) is 0 Å². The minimum absolute atomic E-state index is 0.196. The van der Waals surface area contributed by atoms with Gasteiger partial charge in [-0.2, -0.15) is 23.7 Å². The highest BCUT2D eigenvalue weighted by molar-refractivity contribution is 6.32. The number of nitriles is 2. The van der Waals surface area contributed by atoms with Crippen LogP contribution in [0.2, 0.25) is 0 Å². The average Bonchev–Trinajstić information content (AvgIpc) is 3.21. The van der Waals surface area contributed by atoms with Gasteiger partial charge in [0.15, 0.2) is 0 Å². The third kappa shape index (κ3) is 7.40. The van der Waals surface area contributed by atoms with Crippen molar-refractivity contribution < 1.29 is 27.6 Å². The Morgan fingerprint density at radius 2 is 1.65 bits per heavy atom. The molecular formula is C31H31F3N6O3. The van der Waals surface area contributed by atoms with Crippen molar-refractivity contribution in [2.45, 2.75) is 45.2 Å². The van der Waals surface area contributed by atoms with Crippen LogP contribution in [0.25, 0.3) is 0 Å². The molecular weight excluding hydrogens is 561 g/mol. The molecule has 1 saturated heterocycles. The molecule has 0 unspecified atom stereocenters. The summed E-state index contributed by atoms with van der Waals surface area (Å²) in [7, 11) is 0. The van der Waals surface area contributed by atoms with Crippen LogP contribution in [0.5, 0.6) is 0 Å². The van der Waals surface area contributed by atoms with Crippen LogP contribution in [0.4, 0.5) is 29.3 Å². The lowest BCUT2D eigenvalue weighted by atomic mass is 10.0. The van der Waals surface area contributed by atoms with Crippen LogP contribution >= 0.6 is 0 Å². The fourth-order valence-corrected chi connectivity index (χ4v) is 5.25. The van der Waals surface area contributed by atoms with E-state index in [0.29, 0.717) is 48.8 Å². The number of nitrogens with zero attached hydrogens (tertiary/aromatic N) is 5. The number of nitrogens with one attached hydrogen (secondary N) is 1. The molecule has 12 heteroatoms. The Labute approximate surface area is 247 Å². The van der Waals surface area contributed by atoms with E-state index in [2.05, 4.69) is 16.3 Å². The fraction of sp³-hybridized carbons (Fsp3) is 0.387. The summed E-state index contributed by atoms with van der Waals surface area (Å²) >= 11 is 0. The molecule has 1 N–H and O–H groups in total. The maximum Gasteiger partial charge on any atom is 0.417 e. The van der Waals surface area contributed by atoms with Crippen molar-refractivity contribution in [3.63, 3.8) is 0 Å². The Morgan fingerprint density at radius 1 is 0.930 bits per heavy atom. The van der Waals surface area contributed by atoms with Crippen LogP contribution in [-0.2, 0) is 15.8 Å². The van der Waals surface area contributed by atoms with Gasteiger partial charge >= 0.3 is 12.2 Å². The Hall–Kier alpha value is -4.68. The van der Waals surface area contributed by atoms with Crippen LogP contribution in [-0.4, -0.2) is 60.4 Å². The number of unbranched alkanes of at least 4 members (excludes halogenated alkanes) is 3. The highest BCUT2D eigenvalue weighted by Gasteiger charge is 2.39. The number of imide groups is 1. The lowest BCUT2D eigenvalue weighted by Gasteiger charge is -2.34. The summed E-state index contributed by atoms with van der Waals surface area (Å²) in [6.45, 7) is 5.05. The van der Waals surface area contributed by atoms with Crippen LogP contribution in [0.1, 0.15) is 55.7 Å². The number of halogens is 3. The third-order valence-corrected chi connectivity index (χ3v) is 7.68. The van der Waals surface area contributed by atoms with E-state index in [1.807, 2.05) is 0 Å². The maximum atomic E-state index is 13.4. The second-order valence-corrected chi connectivity index (χ2v) is 10.5. The summed E-state index contributed by atoms with van der Waals surface area (Å²) < 4.78 is 40.2. The zero-order valence-electron chi connectivity index (χ0n) is 23.7. The first-order valence-electron chi connectivity index (χ1n) is 14.0. The molecule has 2 aromatic carbocycles. The van der Waals surface area contributed by atoms with Gasteiger partial charge in [0.25, 0.3) is 11.8 Å². The van der Waals surface area contributed by atoms with Gasteiger partial charge in [-0.15, -0.1) is 0 Å². The first-order valence-corrected chi connectivity index (χ1v) is 14.0. The number of rotatable bonds is 9. The van der Waals surface area contributed by atoms with Gasteiger partial charge in [-0.3, -0.25) is 14.5 Å². The molecule has 0 aromatic heterocycles. The Bertz CT molecular complexity index is 1510. The maximum absolute atomic E-state index is 13.4. The molecule has 0 radical (unpaired) electrons. The molecule has 224 valence electrons. The lowest BCUT2D eigenvalue weighted by molar-refractivity contribution is -0.138. The van der Waals surface area contributed by atoms with E-state index >= 15 is 0 Å². The van der Waals surface area contributed by atoms with E-state index < -0.39 is 29.1 Å². The highest BCUT2D eigenvalue weighted by atomic mass is 19.4. The molecule has 0 aliphatic carbocycles. The number of carbonyl (C=O) groups excluding carboxylic acids is 3. The largest absolute Gasteiger partial charge is 0.417 e. The summed E-state index contributed by atoms with van der Waals surface area (Å²) in [6.07, 6.45) is -1.15. The van der Waals surface area contributed by atoms with E-state index in [1.165, 1.54) is 19.1 Å². The van der Waals surface area contributed by atoms with Crippen molar-refractivity contribution in [1.82, 2.24) is 9.80 Å². The molecule has 0 spiro atoms. The minimum Gasteiger partial charge on any atom is -0.322 e. The first kappa shape index (κ1) is 31.3. The summed E-state index contributed by atoms with van der Waals surface area (Å²) in [5, 5.41) is 20.9. The monoisotopic (exact) mass is 592 g/mol. The summed E-state index contributed by atoms with van der Waals surface area (Å²) in [5.74, 6) is -1.28. The Morgan fingerprint density at radius 3 is 2.33 bits per heavy atom. The zero-order valence-corrected chi connectivity index (χ0v) is 23.7. The number of amides is 4. The molecule has 2 aliphatic rings. The van der Waals surface area contributed by atoms with Gasteiger partial charge in [0.05, 0.1) is 34.5 Å². The number of hydrogen-bond acceptors (Lipinski definition) is 6. The van der Waals surface area contributed by atoms with Gasteiger partial charge in [0, 0.05) is 43.0 Å². The quantitative estimate of drug-likeness (QED) is 0.306. The van der Waals surface area contributed by atoms with Gasteiger partial charge in [0.2, 0.25) is 0 Å². The molecule has 1 fully saturated rings. The zero-order chi connectivity index (χ0) is 31.1. The SMILES string of the molecule is CC1=C(CCCCCCN2CCN(C(=O)Nc3cccc(C#N)c3)CC2)C(=O)N(c2ccc(C#N)c(C(F)(F)F)c2)C1=O. The molecule has 4 rings (SSSR count). The Balaban J connectivity index is 1.18. The number of hydrogen-bond donors (Lipinski definition) is 1. The van der Waals surface area contributed by atoms with Gasteiger partial charge in [-0.25, -0.2) is 9.69 Å². The second kappa shape index (κ2) is 13.5. The Kier molecular flexibility index (Phi) is 9.84. The lowest BCUT2D eigenvalue weighted by Crippen LogP contribution is -2.50. The number of anilines is 2. The van der Waals surface area contributed by atoms with Gasteiger partial charge in [-0.05, 0) is 69.1 Å². The predicted molar refractivity (Wildman–Crippen MR) is 153 cm³/mol. The number of urea groups is 1. The van der Waals surface area contributed by atoms with E-state index in [9.17, 15) is 27.6 Å². The summed E-state index contributed by atoms with van der Waals surface area (Å²) in [5.41, 5.74) is -0.386. The molecule has 2 aromatic rings. The van der Waals surface area contributed by atoms with E-state index in [0.717, 1.165) is 49.9 Å². The third-order valence-electron chi connectivity index (χ3n) is 7.68. The van der Waals surface area contributed by atoms with E-state index in [4.69, 9.17) is 10.5 Å². The molecule has 9 nitrogen and oxygen atoms in total. The van der Waals surface area contributed by atoms with Gasteiger partial charge in [-0.1, -0.05) is 18.9 Å². The smallest absolute Gasteiger partial charge is 0.322 e. The normalized spacial score (nSPS) is 16.0. The van der Waals surface area contributed by atoms with Gasteiger partial charge < -0.3 is 10.2 Å². The van der Waals surface area contributed by atoms with Crippen LogP contribution in [0.15, 0.2) is 53.6 Å². The van der Waals surface area contributed by atoms with Crippen molar-refractivity contribution in [2.75, 3.05) is 42.9 Å². The number of alkyl halides is 3. The molecule has 0 saturated carbocycles. The molecule has 0 bridgehead atoms. The van der Waals surface area contributed by atoms with Crippen molar-refractivity contribution in [3.8, 4) is 12.1 Å². The number of carbonyl (C=O) groups is 3. The average molecular weight is 593 g/mol. The highest BCUT2D eigenvalue weighted by Crippen LogP contribution is 2.37. The van der Waals surface area contributed by atoms with Crippen molar-refractivity contribution in [2.24, 2.45) is 0 Å². The molecule has 0 atom stereocenters. The molecule has 43 heavy (non-hydrogen) atoms. The van der Waals surface area contributed by atoms with Crippen molar-refractivity contribution >= 4 is 29.2 Å². The van der Waals surface area contributed by atoms with Crippen molar-refractivity contribution in [3.05, 3.63) is 70.3 Å². The second-order valence-electron chi connectivity index (χ2n) is 10.5. The van der Waals surface area contributed by atoms with Gasteiger partial charge in [0.1, 0.15) is 0 Å². The predicted octanol–water partition coefficient (Wildman–Crippen LogP) is 5.44. The first-order chi connectivity index (χ1) is 20.5. The van der Waals surface area contributed by atoms with Crippen molar-refractivity contribution in [1.29, 1.82) is 10.5 Å². The van der Waals surface area contributed by atoms with E-state index in [-0.39, 0.29) is 17.3 Å². The number of benzene rings is 2. The summed E-state index contributed by atoms with van der Waals surface area (Å²) in [6, 6.07) is 12.9. The molecule has 2 aliphatic heterocycles. The van der Waals surface area contributed by atoms with Crippen LogP contribution in [0, 0.1) is 22.7 Å².